The van der Waals surface area contributed by atoms with E-state index >= 15 is 0 Å². The zero-order valence-electron chi connectivity index (χ0n) is 13.4. The van der Waals surface area contributed by atoms with E-state index in [0.29, 0.717) is 13.0 Å². The van der Waals surface area contributed by atoms with Crippen molar-refractivity contribution in [3.05, 3.63) is 45.1 Å². The second-order valence-electron chi connectivity index (χ2n) is 5.88. The third-order valence-corrected chi connectivity index (χ3v) is 5.22. The summed E-state index contributed by atoms with van der Waals surface area (Å²) in [5.41, 5.74) is -0.347. The van der Waals surface area contributed by atoms with E-state index < -0.39 is 6.10 Å². The lowest BCUT2D eigenvalue weighted by Crippen LogP contribution is -2.41. The molecule has 1 saturated heterocycles. The Balaban J connectivity index is 1.67. The van der Waals surface area contributed by atoms with Crippen LogP contribution in [0.25, 0.3) is 0 Å². The maximum absolute atomic E-state index is 12.5. The van der Waals surface area contributed by atoms with Crippen LogP contribution >= 0.6 is 11.3 Å². The monoisotopic (exact) mass is 348 g/mol. The van der Waals surface area contributed by atoms with Crippen molar-refractivity contribution in [1.29, 1.82) is 0 Å². The van der Waals surface area contributed by atoms with Crippen LogP contribution in [0.4, 0.5) is 10.6 Å². The third-order valence-electron chi connectivity index (χ3n) is 4.25. The molecule has 2 atom stereocenters. The summed E-state index contributed by atoms with van der Waals surface area (Å²) in [5, 5.41) is 14.8. The van der Waals surface area contributed by atoms with Crippen LogP contribution in [0, 0.1) is 0 Å². The van der Waals surface area contributed by atoms with Crippen LogP contribution in [0.2, 0.25) is 0 Å². The molecule has 2 aromatic rings. The van der Waals surface area contributed by atoms with Crippen molar-refractivity contribution in [2.24, 2.45) is 7.05 Å². The minimum absolute atomic E-state index is 0.0226. The Bertz CT molecular complexity index is 759. The van der Waals surface area contributed by atoms with E-state index in [1.165, 1.54) is 28.3 Å². The van der Waals surface area contributed by atoms with E-state index in [0.717, 1.165) is 17.7 Å². The number of carbonyl (C=O) groups excluding carboxylic acids is 1. The van der Waals surface area contributed by atoms with Crippen molar-refractivity contribution >= 4 is 23.2 Å². The molecule has 0 saturated carbocycles. The van der Waals surface area contributed by atoms with Crippen molar-refractivity contribution in [2.45, 2.75) is 31.4 Å². The number of rotatable bonds is 4. The van der Waals surface area contributed by atoms with Crippen LogP contribution in [0.15, 0.2) is 34.7 Å². The summed E-state index contributed by atoms with van der Waals surface area (Å²) >= 11 is 1.51. The molecular formula is C16H20N4O3S. The second kappa shape index (κ2) is 7.14. The highest BCUT2D eigenvalue weighted by atomic mass is 32.1. The minimum atomic E-state index is -0.578. The topological polar surface area (TPSA) is 87.5 Å². The standard InChI is InChI=1S/C16H20N4O3S/c1-19-8-6-17-14(15(19)22)18-16(23)20-7-2-4-11(20)10-12(21)13-5-3-9-24-13/h3,5-6,8-9,11-12,21H,2,4,7,10H2,1H3,(H,17,18,23)/t11-,12+/m0/s1. The first-order valence-electron chi connectivity index (χ1n) is 7.87. The van der Waals surface area contributed by atoms with E-state index in [1.807, 2.05) is 17.5 Å². The maximum Gasteiger partial charge on any atom is 0.323 e. The van der Waals surface area contributed by atoms with Gasteiger partial charge in [0, 0.05) is 36.9 Å². The molecule has 0 aromatic carbocycles. The Kier molecular flexibility index (Phi) is 4.96. The molecule has 0 radical (unpaired) electrons. The second-order valence-corrected chi connectivity index (χ2v) is 6.86. The molecule has 3 rings (SSSR count). The summed E-state index contributed by atoms with van der Waals surface area (Å²) in [7, 11) is 1.61. The van der Waals surface area contributed by atoms with Crippen LogP contribution in [0.5, 0.6) is 0 Å². The number of amides is 2. The average molecular weight is 348 g/mol. The number of anilines is 1. The van der Waals surface area contributed by atoms with E-state index in [9.17, 15) is 14.7 Å². The van der Waals surface area contributed by atoms with Gasteiger partial charge in [-0.25, -0.2) is 9.78 Å². The van der Waals surface area contributed by atoms with Crippen LogP contribution in [-0.4, -0.2) is 38.2 Å². The van der Waals surface area contributed by atoms with Crippen LogP contribution < -0.4 is 10.9 Å². The fourth-order valence-electron chi connectivity index (χ4n) is 2.96. The Labute approximate surface area is 143 Å². The maximum atomic E-state index is 12.5. The quantitative estimate of drug-likeness (QED) is 0.884. The molecule has 24 heavy (non-hydrogen) atoms. The van der Waals surface area contributed by atoms with Crippen LogP contribution in [0.3, 0.4) is 0 Å². The highest BCUT2D eigenvalue weighted by Crippen LogP contribution is 2.29. The first kappa shape index (κ1) is 16.7. The van der Waals surface area contributed by atoms with E-state index in [4.69, 9.17) is 0 Å². The molecule has 2 aromatic heterocycles. The summed E-state index contributed by atoms with van der Waals surface area (Å²) in [6.07, 6.45) is 4.65. The number of aryl methyl sites for hydroxylation is 1. The summed E-state index contributed by atoms with van der Waals surface area (Å²) in [4.78, 5) is 31.0. The van der Waals surface area contributed by atoms with Gasteiger partial charge in [-0.15, -0.1) is 11.3 Å². The van der Waals surface area contributed by atoms with Crippen molar-refractivity contribution in [1.82, 2.24) is 14.5 Å². The van der Waals surface area contributed by atoms with Gasteiger partial charge in [0.05, 0.1) is 6.10 Å². The molecule has 128 valence electrons. The molecule has 0 spiro atoms. The number of carbonyl (C=O) groups is 1. The number of likely N-dealkylation sites (tertiary alicyclic amines) is 1. The molecule has 8 heteroatoms. The van der Waals surface area contributed by atoms with Gasteiger partial charge in [0.25, 0.3) is 5.56 Å². The Hall–Kier alpha value is -2.19. The highest BCUT2D eigenvalue weighted by Gasteiger charge is 2.31. The van der Waals surface area contributed by atoms with Crippen molar-refractivity contribution in [2.75, 3.05) is 11.9 Å². The van der Waals surface area contributed by atoms with Crippen molar-refractivity contribution in [3.8, 4) is 0 Å². The molecule has 1 fully saturated rings. The van der Waals surface area contributed by atoms with Gasteiger partial charge in [-0.3, -0.25) is 10.1 Å². The molecule has 2 N–H and O–H groups in total. The van der Waals surface area contributed by atoms with Gasteiger partial charge >= 0.3 is 6.03 Å². The molecule has 0 bridgehead atoms. The van der Waals surface area contributed by atoms with Gasteiger partial charge in [0.15, 0.2) is 0 Å². The summed E-state index contributed by atoms with van der Waals surface area (Å²) in [5.74, 6) is 0.0226. The molecule has 1 aliphatic rings. The Morgan fingerprint density at radius 1 is 1.58 bits per heavy atom. The number of aliphatic hydroxyl groups excluding tert-OH is 1. The molecule has 1 aliphatic heterocycles. The summed E-state index contributed by atoms with van der Waals surface area (Å²) < 4.78 is 1.37. The Morgan fingerprint density at radius 3 is 3.17 bits per heavy atom. The van der Waals surface area contributed by atoms with Gasteiger partial charge in [-0.2, -0.15) is 0 Å². The molecule has 7 nitrogen and oxygen atoms in total. The SMILES string of the molecule is Cn1ccnc(NC(=O)N2CCC[C@H]2C[C@@H](O)c2cccs2)c1=O. The predicted molar refractivity (Wildman–Crippen MR) is 92.1 cm³/mol. The predicted octanol–water partition coefficient (Wildman–Crippen LogP) is 1.96. The number of hydrogen-bond donors (Lipinski definition) is 2. The van der Waals surface area contributed by atoms with Crippen molar-refractivity contribution in [3.63, 3.8) is 0 Å². The first-order valence-corrected chi connectivity index (χ1v) is 8.75. The van der Waals surface area contributed by atoms with E-state index in [2.05, 4.69) is 10.3 Å². The smallest absolute Gasteiger partial charge is 0.323 e. The normalized spacial score (nSPS) is 18.6. The highest BCUT2D eigenvalue weighted by molar-refractivity contribution is 7.10. The van der Waals surface area contributed by atoms with Crippen molar-refractivity contribution < 1.29 is 9.90 Å². The lowest BCUT2D eigenvalue weighted by atomic mass is 10.1. The summed E-state index contributed by atoms with van der Waals surface area (Å²) in [6, 6.07) is 3.41. The minimum Gasteiger partial charge on any atom is -0.387 e. The van der Waals surface area contributed by atoms with Gasteiger partial charge < -0.3 is 14.6 Å². The van der Waals surface area contributed by atoms with E-state index in [1.54, 1.807) is 11.9 Å². The number of urea groups is 1. The fourth-order valence-corrected chi connectivity index (χ4v) is 3.68. The van der Waals surface area contributed by atoms with Gasteiger partial charge in [0.2, 0.25) is 5.82 Å². The number of aromatic nitrogens is 2. The largest absolute Gasteiger partial charge is 0.387 e. The zero-order valence-corrected chi connectivity index (χ0v) is 14.2. The van der Waals surface area contributed by atoms with Gasteiger partial charge in [-0.1, -0.05) is 6.07 Å². The average Bonchev–Trinajstić information content (AvgIpc) is 3.23. The molecular weight excluding hydrogens is 328 g/mol. The number of nitrogens with zero attached hydrogens (tertiary/aromatic N) is 3. The van der Waals surface area contributed by atoms with Crippen LogP contribution in [-0.2, 0) is 7.05 Å². The number of nitrogens with one attached hydrogen (secondary N) is 1. The fraction of sp³-hybridized carbons (Fsp3) is 0.438. The summed E-state index contributed by atoms with van der Waals surface area (Å²) in [6.45, 7) is 0.612. The number of thiophene rings is 1. The van der Waals surface area contributed by atoms with Gasteiger partial charge in [0.1, 0.15) is 0 Å². The molecule has 0 unspecified atom stereocenters. The Morgan fingerprint density at radius 2 is 2.42 bits per heavy atom. The first-order chi connectivity index (χ1) is 11.6. The third kappa shape index (κ3) is 3.49. The zero-order chi connectivity index (χ0) is 17.1. The lowest BCUT2D eigenvalue weighted by Gasteiger charge is -2.26. The molecule has 0 aliphatic carbocycles. The van der Waals surface area contributed by atoms with E-state index in [-0.39, 0.29) is 23.5 Å². The molecule has 3 heterocycles. The molecule has 2 amide bonds. The number of aliphatic hydroxyl groups is 1. The van der Waals surface area contributed by atoms with Gasteiger partial charge in [-0.05, 0) is 30.7 Å². The number of hydrogen-bond acceptors (Lipinski definition) is 5. The lowest BCUT2D eigenvalue weighted by molar-refractivity contribution is 0.132. The van der Waals surface area contributed by atoms with Crippen LogP contribution in [0.1, 0.15) is 30.2 Å².